The number of nitrogens with zero attached hydrogens (tertiary/aromatic N) is 1. The van der Waals surface area contributed by atoms with Crippen molar-refractivity contribution < 1.29 is 9.59 Å². The van der Waals surface area contributed by atoms with Gasteiger partial charge in [-0.3, -0.25) is 9.59 Å². The zero-order chi connectivity index (χ0) is 19.8. The molecule has 4 aliphatic carbocycles. The van der Waals surface area contributed by atoms with E-state index < -0.39 is 0 Å². The van der Waals surface area contributed by atoms with Crippen LogP contribution in [0.5, 0.6) is 0 Å². The smallest absolute Gasteiger partial charge is 0.239 e. The molecule has 0 radical (unpaired) electrons. The summed E-state index contributed by atoms with van der Waals surface area (Å²) in [4.78, 5) is 27.6. The standard InChI is InChI=1S/C24H33N3O2/c28-22(25-15-17-3-5-21(6-4-17)27-7-1-2-8-27)16-26-23(29)24-12-18-9-19(13-24)11-20(10-18)14-24/h3-6,18-20H,1-2,7-16H2,(H,25,28)(H,26,29). The van der Waals surface area contributed by atoms with Crippen molar-refractivity contribution in [3.8, 4) is 0 Å². The van der Waals surface area contributed by atoms with E-state index in [1.807, 2.05) is 0 Å². The maximum Gasteiger partial charge on any atom is 0.239 e. The molecule has 1 saturated heterocycles. The Morgan fingerprint density at radius 1 is 0.897 bits per heavy atom. The van der Waals surface area contributed by atoms with Gasteiger partial charge in [0.05, 0.1) is 6.54 Å². The highest BCUT2D eigenvalue weighted by atomic mass is 16.2. The minimum Gasteiger partial charge on any atom is -0.372 e. The molecule has 4 bridgehead atoms. The van der Waals surface area contributed by atoms with Gasteiger partial charge in [0.15, 0.2) is 0 Å². The molecular weight excluding hydrogens is 362 g/mol. The predicted molar refractivity (Wildman–Crippen MR) is 113 cm³/mol. The van der Waals surface area contributed by atoms with Gasteiger partial charge in [-0.15, -0.1) is 0 Å². The molecule has 6 rings (SSSR count). The molecule has 5 aliphatic rings. The number of hydrogen-bond acceptors (Lipinski definition) is 3. The van der Waals surface area contributed by atoms with Crippen LogP contribution in [0.1, 0.15) is 56.9 Å². The molecule has 4 saturated carbocycles. The zero-order valence-corrected chi connectivity index (χ0v) is 17.3. The third-order valence-corrected chi connectivity index (χ3v) is 7.83. The van der Waals surface area contributed by atoms with Crippen molar-refractivity contribution in [2.75, 3.05) is 24.5 Å². The van der Waals surface area contributed by atoms with Crippen molar-refractivity contribution in [1.29, 1.82) is 0 Å². The fourth-order valence-electron chi connectivity index (χ4n) is 6.80. The van der Waals surface area contributed by atoms with Gasteiger partial charge in [-0.2, -0.15) is 0 Å². The predicted octanol–water partition coefficient (Wildman–Crippen LogP) is 3.24. The molecule has 0 aromatic heterocycles. The molecule has 2 amide bonds. The third-order valence-electron chi connectivity index (χ3n) is 7.83. The van der Waals surface area contributed by atoms with Crippen molar-refractivity contribution in [2.45, 2.75) is 57.9 Å². The Hall–Kier alpha value is -2.04. The molecule has 5 heteroatoms. The Morgan fingerprint density at radius 2 is 1.48 bits per heavy atom. The second-order valence-corrected chi connectivity index (χ2v) is 10.0. The Bertz CT molecular complexity index is 732. The average molecular weight is 396 g/mol. The fraction of sp³-hybridized carbons (Fsp3) is 0.667. The van der Waals surface area contributed by atoms with E-state index in [2.05, 4.69) is 39.8 Å². The van der Waals surface area contributed by atoms with Crippen LogP contribution < -0.4 is 15.5 Å². The van der Waals surface area contributed by atoms with Gasteiger partial charge in [-0.1, -0.05) is 12.1 Å². The van der Waals surface area contributed by atoms with E-state index in [0.717, 1.165) is 55.7 Å². The monoisotopic (exact) mass is 395 g/mol. The Balaban J connectivity index is 1.09. The largest absolute Gasteiger partial charge is 0.372 e. The number of hydrogen-bond donors (Lipinski definition) is 2. The Morgan fingerprint density at radius 3 is 2.07 bits per heavy atom. The number of carbonyl (C=O) groups excluding carboxylic acids is 2. The molecular formula is C24H33N3O2. The Labute approximate surface area is 173 Å². The average Bonchev–Trinajstić information content (AvgIpc) is 3.24. The second kappa shape index (κ2) is 7.66. The summed E-state index contributed by atoms with van der Waals surface area (Å²) in [5, 5.41) is 5.91. The summed E-state index contributed by atoms with van der Waals surface area (Å²) < 4.78 is 0. The molecule has 0 unspecified atom stereocenters. The van der Waals surface area contributed by atoms with Crippen molar-refractivity contribution in [3.63, 3.8) is 0 Å². The first-order valence-electron chi connectivity index (χ1n) is 11.5. The third kappa shape index (κ3) is 3.88. The van der Waals surface area contributed by atoms with Gasteiger partial charge in [0.1, 0.15) is 0 Å². The fourth-order valence-corrected chi connectivity index (χ4v) is 6.80. The summed E-state index contributed by atoms with van der Waals surface area (Å²) in [5.41, 5.74) is 2.18. The van der Waals surface area contributed by atoms with Crippen LogP contribution in [0.4, 0.5) is 5.69 Å². The number of rotatable bonds is 6. The molecule has 5 nitrogen and oxygen atoms in total. The number of benzene rings is 1. The summed E-state index contributed by atoms with van der Waals surface area (Å²) in [7, 11) is 0. The molecule has 156 valence electrons. The van der Waals surface area contributed by atoms with E-state index in [9.17, 15) is 9.59 Å². The van der Waals surface area contributed by atoms with Gasteiger partial charge in [-0.25, -0.2) is 0 Å². The first kappa shape index (κ1) is 19.0. The quantitative estimate of drug-likeness (QED) is 0.777. The number of anilines is 1. The summed E-state index contributed by atoms with van der Waals surface area (Å²) >= 11 is 0. The minimum absolute atomic E-state index is 0.0897. The summed E-state index contributed by atoms with van der Waals surface area (Å²) in [6, 6.07) is 8.45. The van der Waals surface area contributed by atoms with Gasteiger partial charge < -0.3 is 15.5 Å². The molecule has 1 aliphatic heterocycles. The van der Waals surface area contributed by atoms with E-state index in [1.54, 1.807) is 0 Å². The lowest BCUT2D eigenvalue weighted by molar-refractivity contribution is -0.147. The van der Waals surface area contributed by atoms with Crippen molar-refractivity contribution in [2.24, 2.45) is 23.2 Å². The van der Waals surface area contributed by atoms with Gasteiger partial charge >= 0.3 is 0 Å². The Kier molecular flexibility index (Phi) is 5.00. The highest BCUT2D eigenvalue weighted by Gasteiger charge is 2.54. The highest BCUT2D eigenvalue weighted by molar-refractivity contribution is 5.88. The minimum atomic E-state index is -0.180. The van der Waals surface area contributed by atoms with E-state index >= 15 is 0 Å². The van der Waals surface area contributed by atoms with E-state index in [1.165, 1.54) is 37.8 Å². The van der Waals surface area contributed by atoms with Crippen LogP contribution in [0, 0.1) is 23.2 Å². The van der Waals surface area contributed by atoms with Crippen LogP contribution in [0.15, 0.2) is 24.3 Å². The first-order chi connectivity index (χ1) is 14.1. The van der Waals surface area contributed by atoms with Crippen molar-refractivity contribution >= 4 is 17.5 Å². The lowest BCUT2D eigenvalue weighted by Gasteiger charge is -2.55. The van der Waals surface area contributed by atoms with E-state index in [4.69, 9.17) is 0 Å². The number of carbonyl (C=O) groups is 2. The zero-order valence-electron chi connectivity index (χ0n) is 17.3. The lowest BCUT2D eigenvalue weighted by Crippen LogP contribution is -2.54. The van der Waals surface area contributed by atoms with Crippen LogP contribution in [0.25, 0.3) is 0 Å². The maximum atomic E-state index is 12.9. The lowest BCUT2D eigenvalue weighted by atomic mass is 9.49. The molecule has 1 aromatic carbocycles. The molecule has 1 aromatic rings. The van der Waals surface area contributed by atoms with Crippen LogP contribution in [0.3, 0.4) is 0 Å². The van der Waals surface area contributed by atoms with Gasteiger partial charge in [0.25, 0.3) is 0 Å². The molecule has 1 heterocycles. The van der Waals surface area contributed by atoms with Crippen molar-refractivity contribution in [3.05, 3.63) is 29.8 Å². The normalized spacial score (nSPS) is 32.4. The molecule has 0 spiro atoms. The van der Waals surface area contributed by atoms with Gasteiger partial charge in [0.2, 0.25) is 11.8 Å². The van der Waals surface area contributed by atoms with Gasteiger partial charge in [-0.05, 0) is 86.8 Å². The maximum absolute atomic E-state index is 12.9. The van der Waals surface area contributed by atoms with E-state index in [0.29, 0.717) is 6.54 Å². The SMILES string of the molecule is O=C(CNC(=O)C12CC3CC(CC(C3)C1)C2)NCc1ccc(N2CCCC2)cc1. The summed E-state index contributed by atoms with van der Waals surface area (Å²) in [6.07, 6.45) is 9.62. The number of nitrogens with one attached hydrogen (secondary N) is 2. The number of amides is 2. The van der Waals surface area contributed by atoms with E-state index in [-0.39, 0.29) is 23.8 Å². The highest BCUT2D eigenvalue weighted by Crippen LogP contribution is 2.60. The first-order valence-corrected chi connectivity index (χ1v) is 11.5. The molecule has 29 heavy (non-hydrogen) atoms. The van der Waals surface area contributed by atoms with Crippen molar-refractivity contribution in [1.82, 2.24) is 10.6 Å². The summed E-state index contributed by atoms with van der Waals surface area (Å²) in [5.74, 6) is 2.24. The van der Waals surface area contributed by atoms with Crippen LogP contribution >= 0.6 is 0 Å². The second-order valence-electron chi connectivity index (χ2n) is 10.0. The summed E-state index contributed by atoms with van der Waals surface area (Å²) in [6.45, 7) is 2.87. The molecule has 5 fully saturated rings. The van der Waals surface area contributed by atoms with Crippen LogP contribution in [-0.2, 0) is 16.1 Å². The molecule has 0 atom stereocenters. The molecule has 2 N–H and O–H groups in total. The van der Waals surface area contributed by atoms with Crippen LogP contribution in [0.2, 0.25) is 0 Å². The van der Waals surface area contributed by atoms with Gasteiger partial charge in [0, 0.05) is 30.7 Å². The topological polar surface area (TPSA) is 61.4 Å². The van der Waals surface area contributed by atoms with Crippen LogP contribution in [-0.4, -0.2) is 31.4 Å².